The molecule has 0 aromatic heterocycles. The van der Waals surface area contributed by atoms with Crippen LogP contribution in [-0.2, 0) is 9.53 Å². The van der Waals surface area contributed by atoms with E-state index in [2.05, 4.69) is 18.7 Å². The van der Waals surface area contributed by atoms with Crippen LogP contribution in [0.3, 0.4) is 0 Å². The van der Waals surface area contributed by atoms with Crippen molar-refractivity contribution in [1.29, 1.82) is 0 Å². The van der Waals surface area contributed by atoms with Gasteiger partial charge in [0.25, 0.3) is 0 Å². The molecule has 0 spiro atoms. The molecule has 0 aliphatic carbocycles. The van der Waals surface area contributed by atoms with Crippen LogP contribution in [-0.4, -0.2) is 46.8 Å². The quantitative estimate of drug-likeness (QED) is 0.796. The highest BCUT2D eigenvalue weighted by Gasteiger charge is 2.33. The molecule has 1 aliphatic heterocycles. The first-order valence-corrected chi connectivity index (χ1v) is 7.26. The first-order chi connectivity index (χ1) is 8.60. The fraction of sp³-hybridized carbons (Fsp3) is 0.933. The zero-order valence-electron chi connectivity index (χ0n) is 13.0. The molecule has 1 N–H and O–H groups in total. The van der Waals surface area contributed by atoms with E-state index in [9.17, 15) is 9.90 Å². The number of ether oxygens (including phenoxy) is 1. The fourth-order valence-electron chi connectivity index (χ4n) is 2.65. The summed E-state index contributed by atoms with van der Waals surface area (Å²) in [6.07, 6.45) is 2.33. The maximum atomic E-state index is 11.7. The number of carbonyl (C=O) groups excluding carboxylic acids is 1. The summed E-state index contributed by atoms with van der Waals surface area (Å²) in [5.41, 5.74) is -0.968. The third kappa shape index (κ3) is 6.39. The summed E-state index contributed by atoms with van der Waals surface area (Å²) >= 11 is 0. The second-order valence-corrected chi connectivity index (χ2v) is 7.18. The average Bonchev–Trinajstić information content (AvgIpc) is 2.17. The summed E-state index contributed by atoms with van der Waals surface area (Å²) in [6.45, 7) is 11.8. The van der Waals surface area contributed by atoms with Gasteiger partial charge in [0, 0.05) is 13.1 Å². The zero-order valence-corrected chi connectivity index (χ0v) is 13.0. The van der Waals surface area contributed by atoms with Gasteiger partial charge in [-0.15, -0.1) is 0 Å². The SMILES string of the molecule is CC(C)CC1(O)CCN(CC(=O)OC(C)(C)C)CC1. The molecule has 0 radical (unpaired) electrons. The number of piperidine rings is 1. The third-order valence-electron chi connectivity index (χ3n) is 3.35. The lowest BCUT2D eigenvalue weighted by atomic mass is 9.84. The number of hydrogen-bond acceptors (Lipinski definition) is 4. The number of carbonyl (C=O) groups is 1. The van der Waals surface area contributed by atoms with Crippen LogP contribution in [0.2, 0.25) is 0 Å². The first-order valence-electron chi connectivity index (χ1n) is 7.26. The predicted molar refractivity (Wildman–Crippen MR) is 75.9 cm³/mol. The van der Waals surface area contributed by atoms with Gasteiger partial charge in [-0.2, -0.15) is 0 Å². The van der Waals surface area contributed by atoms with Crippen molar-refractivity contribution < 1.29 is 14.6 Å². The van der Waals surface area contributed by atoms with Crippen molar-refractivity contribution in [1.82, 2.24) is 4.90 Å². The summed E-state index contributed by atoms with van der Waals surface area (Å²) in [5.74, 6) is 0.323. The Labute approximate surface area is 117 Å². The second-order valence-electron chi connectivity index (χ2n) is 7.18. The minimum atomic E-state index is -0.543. The van der Waals surface area contributed by atoms with Crippen LogP contribution in [0.15, 0.2) is 0 Å². The van der Waals surface area contributed by atoms with E-state index in [0.717, 1.165) is 32.4 Å². The molecule has 0 aromatic carbocycles. The molecule has 0 amide bonds. The molecule has 0 unspecified atom stereocenters. The van der Waals surface area contributed by atoms with Crippen molar-refractivity contribution >= 4 is 5.97 Å². The normalized spacial score (nSPS) is 20.6. The Hall–Kier alpha value is -0.610. The molecular weight excluding hydrogens is 242 g/mol. The van der Waals surface area contributed by atoms with E-state index >= 15 is 0 Å². The highest BCUT2D eigenvalue weighted by atomic mass is 16.6. The second kappa shape index (κ2) is 6.23. The molecule has 19 heavy (non-hydrogen) atoms. The smallest absolute Gasteiger partial charge is 0.320 e. The lowest BCUT2D eigenvalue weighted by Gasteiger charge is -2.39. The third-order valence-corrected chi connectivity index (χ3v) is 3.35. The molecule has 1 fully saturated rings. The van der Waals surface area contributed by atoms with Gasteiger partial charge in [0.05, 0.1) is 12.1 Å². The molecular formula is C15H29NO3. The van der Waals surface area contributed by atoms with Crippen LogP contribution in [0.5, 0.6) is 0 Å². The van der Waals surface area contributed by atoms with Crippen LogP contribution < -0.4 is 0 Å². The number of likely N-dealkylation sites (tertiary alicyclic amines) is 1. The largest absolute Gasteiger partial charge is 0.459 e. The Morgan fingerprint density at radius 1 is 1.32 bits per heavy atom. The van der Waals surface area contributed by atoms with Crippen LogP contribution >= 0.6 is 0 Å². The van der Waals surface area contributed by atoms with Crippen molar-refractivity contribution in [3.8, 4) is 0 Å². The van der Waals surface area contributed by atoms with Gasteiger partial charge in [0.15, 0.2) is 0 Å². The molecule has 0 saturated carbocycles. The molecule has 0 atom stereocenters. The molecule has 1 rings (SSSR count). The van der Waals surface area contributed by atoms with E-state index in [1.165, 1.54) is 0 Å². The molecule has 112 valence electrons. The van der Waals surface area contributed by atoms with Crippen LogP contribution in [0.1, 0.15) is 53.9 Å². The standard InChI is InChI=1S/C15H29NO3/c1-12(2)10-15(18)6-8-16(9-7-15)11-13(17)19-14(3,4)5/h12,18H,6-11H2,1-5H3. The van der Waals surface area contributed by atoms with E-state index in [1.54, 1.807) is 0 Å². The van der Waals surface area contributed by atoms with Gasteiger partial charge in [-0.25, -0.2) is 0 Å². The number of aliphatic hydroxyl groups is 1. The minimum Gasteiger partial charge on any atom is -0.459 e. The lowest BCUT2D eigenvalue weighted by molar-refractivity contribution is -0.157. The van der Waals surface area contributed by atoms with Crippen molar-refractivity contribution in [3.63, 3.8) is 0 Å². The number of esters is 1. The van der Waals surface area contributed by atoms with Crippen molar-refractivity contribution in [2.24, 2.45) is 5.92 Å². The van der Waals surface area contributed by atoms with Crippen molar-refractivity contribution in [3.05, 3.63) is 0 Å². The van der Waals surface area contributed by atoms with E-state index in [-0.39, 0.29) is 5.97 Å². The zero-order chi connectivity index (χ0) is 14.7. The summed E-state index contributed by atoms with van der Waals surface area (Å²) in [7, 11) is 0. The van der Waals surface area contributed by atoms with Crippen LogP contribution in [0, 0.1) is 5.92 Å². The summed E-state index contributed by atoms with van der Waals surface area (Å²) in [4.78, 5) is 13.8. The maximum absolute atomic E-state index is 11.7. The van der Waals surface area contributed by atoms with E-state index in [1.807, 2.05) is 20.8 Å². The molecule has 1 heterocycles. The van der Waals surface area contributed by atoms with Gasteiger partial charge >= 0.3 is 5.97 Å². The van der Waals surface area contributed by atoms with Crippen LogP contribution in [0.25, 0.3) is 0 Å². The van der Waals surface area contributed by atoms with Gasteiger partial charge < -0.3 is 9.84 Å². The lowest BCUT2D eigenvalue weighted by Crippen LogP contribution is -2.47. The van der Waals surface area contributed by atoms with E-state index in [4.69, 9.17) is 4.74 Å². The Balaban J connectivity index is 2.36. The Bertz CT molecular complexity index is 299. The van der Waals surface area contributed by atoms with Gasteiger partial charge in [-0.1, -0.05) is 13.8 Å². The molecule has 0 bridgehead atoms. The topological polar surface area (TPSA) is 49.8 Å². The average molecular weight is 271 g/mol. The Kier molecular flexibility index (Phi) is 5.39. The number of nitrogens with zero attached hydrogens (tertiary/aromatic N) is 1. The summed E-state index contributed by atoms with van der Waals surface area (Å²) in [6, 6.07) is 0. The summed E-state index contributed by atoms with van der Waals surface area (Å²) in [5, 5.41) is 10.4. The van der Waals surface area contributed by atoms with E-state index in [0.29, 0.717) is 12.5 Å². The minimum absolute atomic E-state index is 0.179. The monoisotopic (exact) mass is 271 g/mol. The maximum Gasteiger partial charge on any atom is 0.320 e. The number of rotatable bonds is 4. The predicted octanol–water partition coefficient (Wildman–Crippen LogP) is 2.20. The van der Waals surface area contributed by atoms with Gasteiger partial charge in [0.1, 0.15) is 5.60 Å². The van der Waals surface area contributed by atoms with E-state index < -0.39 is 11.2 Å². The molecule has 4 heteroatoms. The fourth-order valence-corrected chi connectivity index (χ4v) is 2.65. The van der Waals surface area contributed by atoms with Gasteiger partial charge in [-0.3, -0.25) is 9.69 Å². The van der Waals surface area contributed by atoms with Gasteiger partial charge in [0.2, 0.25) is 0 Å². The van der Waals surface area contributed by atoms with Gasteiger partial charge in [-0.05, 0) is 46.0 Å². The Morgan fingerprint density at radius 2 is 1.84 bits per heavy atom. The summed E-state index contributed by atoms with van der Waals surface area (Å²) < 4.78 is 5.31. The Morgan fingerprint density at radius 3 is 2.26 bits per heavy atom. The highest BCUT2D eigenvalue weighted by Crippen LogP contribution is 2.28. The molecule has 4 nitrogen and oxygen atoms in total. The van der Waals surface area contributed by atoms with Crippen molar-refractivity contribution in [2.75, 3.05) is 19.6 Å². The molecule has 1 aliphatic rings. The first kappa shape index (κ1) is 16.4. The molecule has 1 saturated heterocycles. The highest BCUT2D eigenvalue weighted by molar-refractivity contribution is 5.72. The number of hydrogen-bond donors (Lipinski definition) is 1. The molecule has 0 aromatic rings. The van der Waals surface area contributed by atoms with Crippen molar-refractivity contribution in [2.45, 2.75) is 65.1 Å². The van der Waals surface area contributed by atoms with Crippen LogP contribution in [0.4, 0.5) is 0 Å².